The minimum Gasteiger partial charge on any atom is -0.872 e. The van der Waals surface area contributed by atoms with E-state index in [1.165, 1.54) is 53.3 Å². The van der Waals surface area contributed by atoms with Gasteiger partial charge in [-0.15, -0.1) is 0 Å². The molecule has 0 aromatic heterocycles. The molecule has 2 aromatic carbocycles. The number of amides is 1. The average molecular weight is 489 g/mol. The van der Waals surface area contributed by atoms with E-state index in [4.69, 9.17) is 21.1 Å². The van der Waals surface area contributed by atoms with Crippen molar-refractivity contribution in [1.82, 2.24) is 4.90 Å². The number of hydrogen-bond donors (Lipinski definition) is 1. The van der Waals surface area contributed by atoms with Crippen LogP contribution < -0.4 is 14.7 Å². The molecule has 0 spiro atoms. The summed E-state index contributed by atoms with van der Waals surface area (Å²) in [6.07, 6.45) is 0.606. The molecule has 1 unspecified atom stereocenters. The van der Waals surface area contributed by atoms with Gasteiger partial charge >= 0.3 is 0 Å². The summed E-state index contributed by atoms with van der Waals surface area (Å²) < 4.78 is 25.4. The number of morpholine rings is 1. The Labute approximate surface area is 202 Å². The fraction of sp³-hybridized carbons (Fsp3) is 0.360. The third-order valence-electron chi connectivity index (χ3n) is 6.27. The van der Waals surface area contributed by atoms with Crippen LogP contribution in [-0.2, 0) is 14.3 Å². The molecule has 2 aliphatic heterocycles. The SMILES string of the molecule is COc1ccc(C([O-])=C2C(=O)C(=O)N(CCC[NH+]3CCOCC3)C2c2ccccc2F)cc1Cl. The molecule has 0 aliphatic carbocycles. The molecule has 1 atom stereocenters. The number of carbonyl (C=O) groups is 2. The lowest BCUT2D eigenvalue weighted by Gasteiger charge is -2.29. The minimum absolute atomic E-state index is 0.114. The third kappa shape index (κ3) is 4.80. The van der Waals surface area contributed by atoms with Gasteiger partial charge in [-0.3, -0.25) is 9.59 Å². The molecule has 2 heterocycles. The molecule has 0 bridgehead atoms. The van der Waals surface area contributed by atoms with Gasteiger partial charge in [0.05, 0.1) is 37.9 Å². The highest BCUT2D eigenvalue weighted by atomic mass is 35.5. The zero-order chi connectivity index (χ0) is 24.2. The Morgan fingerprint density at radius 1 is 1.24 bits per heavy atom. The van der Waals surface area contributed by atoms with Gasteiger partial charge in [0.2, 0.25) is 5.78 Å². The summed E-state index contributed by atoms with van der Waals surface area (Å²) in [7, 11) is 1.45. The minimum atomic E-state index is -1.10. The first kappa shape index (κ1) is 24.2. The number of carbonyl (C=O) groups excluding carboxylic acids is 2. The maximum atomic E-state index is 14.9. The molecule has 0 saturated carbocycles. The number of halogens is 2. The number of hydrogen-bond acceptors (Lipinski definition) is 5. The van der Waals surface area contributed by atoms with Gasteiger partial charge in [-0.1, -0.05) is 41.6 Å². The summed E-state index contributed by atoms with van der Waals surface area (Å²) in [6, 6.07) is 9.16. The molecule has 7 nitrogen and oxygen atoms in total. The van der Waals surface area contributed by atoms with Crippen molar-refractivity contribution in [3.63, 3.8) is 0 Å². The van der Waals surface area contributed by atoms with Gasteiger partial charge in [-0.2, -0.15) is 0 Å². The van der Waals surface area contributed by atoms with Crippen LogP contribution in [0.5, 0.6) is 5.75 Å². The summed E-state index contributed by atoms with van der Waals surface area (Å²) in [5.74, 6) is -2.58. The zero-order valence-electron chi connectivity index (χ0n) is 18.8. The Morgan fingerprint density at radius 3 is 2.65 bits per heavy atom. The molecule has 1 amide bonds. The Bertz CT molecular complexity index is 1120. The van der Waals surface area contributed by atoms with Crippen molar-refractivity contribution >= 4 is 29.1 Å². The van der Waals surface area contributed by atoms with Crippen LogP contribution in [0.25, 0.3) is 5.76 Å². The largest absolute Gasteiger partial charge is 0.872 e. The van der Waals surface area contributed by atoms with Gasteiger partial charge in [-0.05, 0) is 23.8 Å². The summed E-state index contributed by atoms with van der Waals surface area (Å²) in [4.78, 5) is 28.7. The lowest BCUT2D eigenvalue weighted by molar-refractivity contribution is -0.908. The van der Waals surface area contributed by atoms with E-state index >= 15 is 0 Å². The second-order valence-corrected chi connectivity index (χ2v) is 8.72. The maximum Gasteiger partial charge on any atom is 0.295 e. The number of likely N-dealkylation sites (tertiary alicyclic amines) is 1. The fourth-order valence-corrected chi connectivity index (χ4v) is 4.75. The van der Waals surface area contributed by atoms with E-state index in [0.717, 1.165) is 19.6 Å². The molecule has 2 fully saturated rings. The predicted molar refractivity (Wildman–Crippen MR) is 122 cm³/mol. The van der Waals surface area contributed by atoms with Crippen LogP contribution in [0.2, 0.25) is 5.02 Å². The second kappa shape index (κ2) is 10.5. The Kier molecular flexibility index (Phi) is 7.50. The topological polar surface area (TPSA) is 83.3 Å². The number of methoxy groups -OCH3 is 1. The maximum absolute atomic E-state index is 14.9. The molecule has 180 valence electrons. The number of ether oxygens (including phenoxy) is 2. The number of ketones is 1. The highest BCUT2D eigenvalue weighted by Gasteiger charge is 2.45. The van der Waals surface area contributed by atoms with Crippen molar-refractivity contribution in [3.8, 4) is 5.75 Å². The average Bonchev–Trinajstić information content (AvgIpc) is 3.09. The van der Waals surface area contributed by atoms with Crippen molar-refractivity contribution in [2.45, 2.75) is 12.5 Å². The zero-order valence-corrected chi connectivity index (χ0v) is 19.6. The van der Waals surface area contributed by atoms with Crippen LogP contribution in [0.3, 0.4) is 0 Å². The van der Waals surface area contributed by atoms with E-state index in [-0.39, 0.29) is 28.3 Å². The Hall–Kier alpha value is -2.94. The number of Topliss-reactive ketones (excluding diaryl/α,β-unsaturated/α-hetero) is 1. The lowest BCUT2D eigenvalue weighted by atomic mass is 9.95. The van der Waals surface area contributed by atoms with E-state index < -0.39 is 29.3 Å². The van der Waals surface area contributed by atoms with Crippen LogP contribution in [-0.4, -0.2) is 63.1 Å². The van der Waals surface area contributed by atoms with Crippen LogP contribution in [0.1, 0.15) is 23.6 Å². The molecule has 2 aromatic rings. The van der Waals surface area contributed by atoms with E-state index in [9.17, 15) is 19.1 Å². The molecule has 2 aliphatic rings. The van der Waals surface area contributed by atoms with Crippen molar-refractivity contribution in [2.24, 2.45) is 0 Å². The first-order chi connectivity index (χ1) is 16.4. The van der Waals surface area contributed by atoms with Gasteiger partial charge in [0.1, 0.15) is 24.7 Å². The van der Waals surface area contributed by atoms with E-state index in [1.54, 1.807) is 6.07 Å². The van der Waals surface area contributed by atoms with Crippen LogP contribution in [0.4, 0.5) is 4.39 Å². The highest BCUT2D eigenvalue weighted by molar-refractivity contribution is 6.46. The molecule has 2 saturated heterocycles. The van der Waals surface area contributed by atoms with Crippen LogP contribution in [0.15, 0.2) is 48.0 Å². The van der Waals surface area contributed by atoms with Crippen LogP contribution >= 0.6 is 11.6 Å². The van der Waals surface area contributed by atoms with Crippen molar-refractivity contribution in [3.05, 3.63) is 70.0 Å². The molecule has 4 rings (SSSR count). The lowest BCUT2D eigenvalue weighted by Crippen LogP contribution is -3.14. The van der Waals surface area contributed by atoms with Gasteiger partial charge in [0.25, 0.3) is 5.91 Å². The molecule has 0 radical (unpaired) electrons. The Morgan fingerprint density at radius 2 is 1.97 bits per heavy atom. The van der Waals surface area contributed by atoms with Crippen LogP contribution in [0, 0.1) is 5.82 Å². The van der Waals surface area contributed by atoms with Gasteiger partial charge in [-0.25, -0.2) is 4.39 Å². The predicted octanol–water partition coefficient (Wildman–Crippen LogP) is 1.02. The smallest absolute Gasteiger partial charge is 0.295 e. The molecular weight excluding hydrogens is 463 g/mol. The number of nitrogens with one attached hydrogen (secondary N) is 1. The molecule has 1 N–H and O–H groups in total. The second-order valence-electron chi connectivity index (χ2n) is 8.31. The third-order valence-corrected chi connectivity index (χ3v) is 6.57. The standard InChI is InChI=1S/C25H26ClFN2O5/c1-33-20-8-7-16(15-18(20)26)23(30)21-22(17-5-2-3-6-19(17)27)29(25(32)24(21)31)10-4-9-28-11-13-34-14-12-28/h2-3,5-8,15,22,30H,4,9-14H2,1H3. The van der Waals surface area contributed by atoms with E-state index in [1.807, 2.05) is 0 Å². The fourth-order valence-electron chi connectivity index (χ4n) is 4.49. The molecule has 9 heteroatoms. The number of nitrogens with zero attached hydrogens (tertiary/aromatic N) is 1. The van der Waals surface area contributed by atoms with Crippen molar-refractivity contribution in [2.75, 3.05) is 46.5 Å². The Balaban J connectivity index is 1.70. The van der Waals surface area contributed by atoms with Crippen molar-refractivity contribution in [1.29, 1.82) is 0 Å². The number of quaternary nitrogens is 1. The molecular formula is C25H26ClFN2O5. The number of rotatable bonds is 7. The van der Waals surface area contributed by atoms with Gasteiger partial charge < -0.3 is 24.4 Å². The monoisotopic (exact) mass is 488 g/mol. The first-order valence-electron chi connectivity index (χ1n) is 11.2. The van der Waals surface area contributed by atoms with E-state index in [2.05, 4.69) is 0 Å². The highest BCUT2D eigenvalue weighted by Crippen LogP contribution is 2.40. The first-order valence-corrected chi connectivity index (χ1v) is 11.6. The summed E-state index contributed by atoms with van der Waals surface area (Å²) in [5.41, 5.74) is -0.0265. The van der Waals surface area contributed by atoms with E-state index in [0.29, 0.717) is 25.4 Å². The normalized spacial score (nSPS) is 20.7. The summed E-state index contributed by atoms with van der Waals surface area (Å²) in [6.45, 7) is 4.13. The van der Waals surface area contributed by atoms with Crippen molar-refractivity contribution < 1.29 is 33.5 Å². The summed E-state index contributed by atoms with van der Waals surface area (Å²) >= 11 is 6.17. The number of benzene rings is 2. The van der Waals surface area contributed by atoms with Gasteiger partial charge in [0.15, 0.2) is 0 Å². The molecule has 34 heavy (non-hydrogen) atoms. The summed E-state index contributed by atoms with van der Waals surface area (Å²) in [5, 5.41) is 13.6. The van der Waals surface area contributed by atoms with Gasteiger partial charge in [0, 0.05) is 24.1 Å². The quantitative estimate of drug-likeness (QED) is 0.357.